The van der Waals surface area contributed by atoms with Gasteiger partial charge in [-0.25, -0.2) is 0 Å². The molecule has 136 valence electrons. The zero-order valence-electron chi connectivity index (χ0n) is 15.3. The van der Waals surface area contributed by atoms with Gasteiger partial charge in [0.25, 0.3) is 5.91 Å². The lowest BCUT2D eigenvalue weighted by Gasteiger charge is -2.37. The molecule has 1 aromatic carbocycles. The van der Waals surface area contributed by atoms with E-state index in [-0.39, 0.29) is 24.0 Å². The lowest BCUT2D eigenvalue weighted by Crippen LogP contribution is -2.41. The Kier molecular flexibility index (Phi) is 4.07. The second kappa shape index (κ2) is 6.29. The van der Waals surface area contributed by atoms with Crippen molar-refractivity contribution in [3.63, 3.8) is 0 Å². The Hall–Kier alpha value is -2.60. The SMILES string of the molecule is Cc1[nH]c2ccc(C(=O)N[C@H](c3cnn(C)c3)C3CC(O)C3)cc2c1C. The predicted molar refractivity (Wildman–Crippen MR) is 99.9 cm³/mol. The third kappa shape index (κ3) is 2.90. The number of aromatic nitrogens is 3. The van der Waals surface area contributed by atoms with Crippen LogP contribution in [0.15, 0.2) is 30.6 Å². The highest BCUT2D eigenvalue weighted by Gasteiger charge is 2.36. The summed E-state index contributed by atoms with van der Waals surface area (Å²) in [6.07, 6.45) is 4.86. The van der Waals surface area contributed by atoms with Crippen LogP contribution in [0.4, 0.5) is 0 Å². The summed E-state index contributed by atoms with van der Waals surface area (Å²) >= 11 is 0. The maximum absolute atomic E-state index is 12.9. The van der Waals surface area contributed by atoms with Gasteiger partial charge >= 0.3 is 0 Å². The summed E-state index contributed by atoms with van der Waals surface area (Å²) in [6, 6.07) is 5.61. The molecule has 1 atom stereocenters. The number of rotatable bonds is 4. The van der Waals surface area contributed by atoms with Crippen molar-refractivity contribution in [3.8, 4) is 0 Å². The van der Waals surface area contributed by atoms with Gasteiger partial charge in [-0.05, 0) is 56.4 Å². The first-order valence-electron chi connectivity index (χ1n) is 8.98. The van der Waals surface area contributed by atoms with E-state index in [4.69, 9.17) is 0 Å². The number of aromatic amines is 1. The van der Waals surface area contributed by atoms with Crippen molar-refractivity contribution < 1.29 is 9.90 Å². The van der Waals surface area contributed by atoms with E-state index in [9.17, 15) is 9.90 Å². The highest BCUT2D eigenvalue weighted by Crippen LogP contribution is 2.38. The van der Waals surface area contributed by atoms with Crippen molar-refractivity contribution >= 4 is 16.8 Å². The molecule has 0 radical (unpaired) electrons. The standard InChI is InChI=1S/C20H24N4O2/c1-11-12(2)22-18-5-4-13(8-17(11)18)20(26)23-19(14-6-16(25)7-14)15-9-21-24(3)10-15/h4-5,8-10,14,16,19,22,25H,6-7H2,1-3H3,(H,23,26)/t14?,16?,19-/m0/s1. The van der Waals surface area contributed by atoms with Crippen molar-refractivity contribution in [1.82, 2.24) is 20.1 Å². The van der Waals surface area contributed by atoms with Crippen LogP contribution in [0.2, 0.25) is 0 Å². The molecule has 6 heteroatoms. The molecule has 26 heavy (non-hydrogen) atoms. The van der Waals surface area contributed by atoms with Gasteiger partial charge in [0.15, 0.2) is 0 Å². The van der Waals surface area contributed by atoms with E-state index >= 15 is 0 Å². The fraction of sp³-hybridized carbons (Fsp3) is 0.400. The average Bonchev–Trinajstić information content (AvgIpc) is 3.13. The summed E-state index contributed by atoms with van der Waals surface area (Å²) in [5, 5.41) is 18.2. The molecular formula is C20H24N4O2. The summed E-state index contributed by atoms with van der Waals surface area (Å²) in [5.41, 5.74) is 4.96. The molecule has 6 nitrogen and oxygen atoms in total. The molecule has 1 amide bonds. The molecule has 2 aromatic heterocycles. The van der Waals surface area contributed by atoms with Crippen molar-refractivity contribution in [3.05, 3.63) is 53.0 Å². The van der Waals surface area contributed by atoms with Gasteiger partial charge in [-0.1, -0.05) is 0 Å². The molecule has 1 fully saturated rings. The maximum atomic E-state index is 12.9. The highest BCUT2D eigenvalue weighted by molar-refractivity contribution is 5.99. The van der Waals surface area contributed by atoms with Crippen molar-refractivity contribution in [1.29, 1.82) is 0 Å². The Morgan fingerprint density at radius 2 is 2.15 bits per heavy atom. The topological polar surface area (TPSA) is 82.9 Å². The molecule has 1 aliphatic carbocycles. The number of hydrogen-bond donors (Lipinski definition) is 3. The lowest BCUT2D eigenvalue weighted by molar-refractivity contribution is 0.0235. The molecule has 3 aromatic rings. The molecule has 0 unspecified atom stereocenters. The van der Waals surface area contributed by atoms with Crippen LogP contribution < -0.4 is 5.32 Å². The number of carbonyl (C=O) groups excluding carboxylic acids is 1. The molecule has 2 heterocycles. The molecule has 0 bridgehead atoms. The minimum Gasteiger partial charge on any atom is -0.393 e. The molecule has 0 saturated heterocycles. The summed E-state index contributed by atoms with van der Waals surface area (Å²) in [6.45, 7) is 4.10. The van der Waals surface area contributed by atoms with Crippen LogP contribution in [-0.2, 0) is 7.05 Å². The zero-order valence-corrected chi connectivity index (χ0v) is 15.3. The second-order valence-corrected chi connectivity index (χ2v) is 7.42. The van der Waals surface area contributed by atoms with Gasteiger partial charge in [0.2, 0.25) is 0 Å². The Morgan fingerprint density at radius 3 is 2.81 bits per heavy atom. The first-order valence-corrected chi connectivity index (χ1v) is 8.98. The van der Waals surface area contributed by atoms with E-state index < -0.39 is 0 Å². The number of fused-ring (bicyclic) bond motifs is 1. The number of aryl methyl sites for hydroxylation is 3. The minimum absolute atomic E-state index is 0.0969. The molecule has 0 spiro atoms. The predicted octanol–water partition coefficient (Wildman–Crippen LogP) is 2.76. The van der Waals surface area contributed by atoms with Crippen LogP contribution in [0, 0.1) is 19.8 Å². The first kappa shape index (κ1) is 16.8. The van der Waals surface area contributed by atoms with Crippen LogP contribution in [0.25, 0.3) is 10.9 Å². The van der Waals surface area contributed by atoms with Crippen LogP contribution in [0.5, 0.6) is 0 Å². The van der Waals surface area contributed by atoms with E-state index in [0.717, 1.165) is 22.2 Å². The van der Waals surface area contributed by atoms with Gasteiger partial charge in [-0.2, -0.15) is 5.10 Å². The Morgan fingerprint density at radius 1 is 1.38 bits per heavy atom. The van der Waals surface area contributed by atoms with E-state index in [1.807, 2.05) is 38.4 Å². The summed E-state index contributed by atoms with van der Waals surface area (Å²) in [7, 11) is 1.86. The Balaban J connectivity index is 1.61. The monoisotopic (exact) mass is 352 g/mol. The summed E-state index contributed by atoms with van der Waals surface area (Å²) < 4.78 is 1.74. The smallest absolute Gasteiger partial charge is 0.251 e. The van der Waals surface area contributed by atoms with Gasteiger partial charge < -0.3 is 15.4 Å². The molecule has 1 saturated carbocycles. The Labute approximate surface area is 152 Å². The quantitative estimate of drug-likeness (QED) is 0.675. The largest absolute Gasteiger partial charge is 0.393 e. The average molecular weight is 352 g/mol. The van der Waals surface area contributed by atoms with Crippen LogP contribution >= 0.6 is 0 Å². The van der Waals surface area contributed by atoms with Gasteiger partial charge in [0.1, 0.15) is 0 Å². The summed E-state index contributed by atoms with van der Waals surface area (Å²) in [4.78, 5) is 16.2. The molecule has 0 aliphatic heterocycles. The number of carbonyl (C=O) groups is 1. The van der Waals surface area contributed by atoms with Crippen LogP contribution in [-0.4, -0.2) is 31.9 Å². The lowest BCUT2D eigenvalue weighted by atomic mass is 9.75. The van der Waals surface area contributed by atoms with Gasteiger partial charge in [-0.3, -0.25) is 9.48 Å². The van der Waals surface area contributed by atoms with Crippen LogP contribution in [0.1, 0.15) is 46.1 Å². The van der Waals surface area contributed by atoms with Gasteiger partial charge in [0.05, 0.1) is 18.3 Å². The number of benzene rings is 1. The number of hydrogen-bond acceptors (Lipinski definition) is 3. The van der Waals surface area contributed by atoms with Crippen molar-refractivity contribution in [2.45, 2.75) is 38.8 Å². The van der Waals surface area contributed by atoms with E-state index in [0.29, 0.717) is 18.4 Å². The van der Waals surface area contributed by atoms with E-state index in [1.54, 1.807) is 10.9 Å². The third-order valence-corrected chi connectivity index (χ3v) is 5.56. The van der Waals surface area contributed by atoms with Crippen molar-refractivity contribution in [2.24, 2.45) is 13.0 Å². The zero-order chi connectivity index (χ0) is 18.4. The Bertz CT molecular complexity index is 966. The van der Waals surface area contributed by atoms with Crippen LogP contribution in [0.3, 0.4) is 0 Å². The number of aliphatic hydroxyl groups is 1. The highest BCUT2D eigenvalue weighted by atomic mass is 16.3. The molecule has 4 rings (SSSR count). The number of aliphatic hydroxyl groups excluding tert-OH is 1. The van der Waals surface area contributed by atoms with E-state index in [2.05, 4.69) is 22.3 Å². The van der Waals surface area contributed by atoms with Gasteiger partial charge in [0, 0.05) is 41.0 Å². The first-order chi connectivity index (χ1) is 12.4. The minimum atomic E-state index is -0.266. The second-order valence-electron chi connectivity index (χ2n) is 7.42. The third-order valence-electron chi connectivity index (χ3n) is 5.56. The maximum Gasteiger partial charge on any atom is 0.251 e. The molecule has 1 aliphatic rings. The molecular weight excluding hydrogens is 328 g/mol. The van der Waals surface area contributed by atoms with Crippen molar-refractivity contribution in [2.75, 3.05) is 0 Å². The van der Waals surface area contributed by atoms with Gasteiger partial charge in [-0.15, -0.1) is 0 Å². The number of nitrogens with zero attached hydrogens (tertiary/aromatic N) is 2. The number of nitrogens with one attached hydrogen (secondary N) is 2. The summed E-state index contributed by atoms with van der Waals surface area (Å²) in [5.74, 6) is 0.138. The number of amides is 1. The normalized spacial score (nSPS) is 20.8. The fourth-order valence-electron chi connectivity index (χ4n) is 3.80. The molecule has 3 N–H and O–H groups in total. The fourth-order valence-corrected chi connectivity index (χ4v) is 3.80. The van der Waals surface area contributed by atoms with E-state index in [1.165, 1.54) is 5.56 Å². The number of H-pyrrole nitrogens is 1.